The minimum Gasteiger partial charge on any atom is -0.469 e. The first-order valence-electron chi connectivity index (χ1n) is 9.44. The molecule has 1 aliphatic heterocycles. The van der Waals surface area contributed by atoms with Crippen molar-refractivity contribution in [1.29, 1.82) is 0 Å². The lowest BCUT2D eigenvalue weighted by Gasteiger charge is -2.23. The number of aryl methyl sites for hydroxylation is 1. The molecule has 0 aliphatic carbocycles. The van der Waals surface area contributed by atoms with Crippen molar-refractivity contribution in [2.75, 3.05) is 25.5 Å². The van der Waals surface area contributed by atoms with E-state index in [0.29, 0.717) is 18.8 Å². The summed E-state index contributed by atoms with van der Waals surface area (Å²) in [4.78, 5) is 11.2. The highest BCUT2D eigenvalue weighted by molar-refractivity contribution is 5.85. The third-order valence-electron chi connectivity index (χ3n) is 5.09. The number of halogens is 1. The van der Waals surface area contributed by atoms with E-state index in [1.165, 1.54) is 31.1 Å². The first-order chi connectivity index (χ1) is 12.7. The van der Waals surface area contributed by atoms with Gasteiger partial charge < -0.3 is 15.4 Å². The van der Waals surface area contributed by atoms with Gasteiger partial charge in [-0.3, -0.25) is 4.79 Å². The topological polar surface area (TPSA) is 50.4 Å². The Balaban J connectivity index is 0.00000261. The summed E-state index contributed by atoms with van der Waals surface area (Å²) in [6, 6.07) is 17.3. The molecule has 1 heterocycles. The van der Waals surface area contributed by atoms with Crippen LogP contribution in [0.3, 0.4) is 0 Å². The second-order valence-electron chi connectivity index (χ2n) is 6.89. The number of benzene rings is 2. The van der Waals surface area contributed by atoms with E-state index in [0.717, 1.165) is 30.9 Å². The van der Waals surface area contributed by atoms with Crippen LogP contribution in [0, 0.1) is 0 Å². The molecule has 0 bridgehead atoms. The van der Waals surface area contributed by atoms with Gasteiger partial charge in [0, 0.05) is 18.7 Å². The maximum absolute atomic E-state index is 11.2. The summed E-state index contributed by atoms with van der Waals surface area (Å²) in [7, 11) is 1.42. The molecule has 2 aromatic rings. The van der Waals surface area contributed by atoms with Crippen molar-refractivity contribution in [3.63, 3.8) is 0 Å². The zero-order chi connectivity index (χ0) is 18.2. The zero-order valence-electron chi connectivity index (χ0n) is 15.9. The molecule has 0 atom stereocenters. The molecule has 0 unspecified atom stereocenters. The van der Waals surface area contributed by atoms with Gasteiger partial charge in [-0.2, -0.15) is 0 Å². The number of carbonyl (C=O) groups is 1. The summed E-state index contributed by atoms with van der Waals surface area (Å²) >= 11 is 0. The average molecular weight is 389 g/mol. The SMILES string of the molecule is COC(=O)CCc1ccc(NCc2ccc(C3CCNCC3)cc2)cc1.Cl. The lowest BCUT2D eigenvalue weighted by molar-refractivity contribution is -0.140. The van der Waals surface area contributed by atoms with Gasteiger partial charge in [0.05, 0.1) is 7.11 Å². The van der Waals surface area contributed by atoms with Gasteiger partial charge in [-0.25, -0.2) is 0 Å². The highest BCUT2D eigenvalue weighted by Crippen LogP contribution is 2.25. The lowest BCUT2D eigenvalue weighted by Crippen LogP contribution is -2.26. The normalized spacial score (nSPS) is 14.3. The predicted octanol–water partition coefficient (Wildman–Crippen LogP) is 4.29. The first kappa shape index (κ1) is 21.3. The number of hydrogen-bond acceptors (Lipinski definition) is 4. The molecule has 0 aromatic heterocycles. The van der Waals surface area contributed by atoms with E-state index in [1.54, 1.807) is 0 Å². The molecule has 1 fully saturated rings. The number of methoxy groups -OCH3 is 1. The van der Waals surface area contributed by atoms with Crippen LogP contribution in [0.5, 0.6) is 0 Å². The summed E-state index contributed by atoms with van der Waals surface area (Å²) < 4.78 is 4.68. The van der Waals surface area contributed by atoms with E-state index < -0.39 is 0 Å². The molecule has 5 heteroatoms. The Bertz CT molecular complexity index is 695. The Kier molecular flexibility index (Phi) is 8.62. The molecular weight excluding hydrogens is 360 g/mol. The van der Waals surface area contributed by atoms with E-state index >= 15 is 0 Å². The summed E-state index contributed by atoms with van der Waals surface area (Å²) in [6.45, 7) is 3.07. The molecule has 0 saturated carbocycles. The minimum absolute atomic E-state index is 0. The number of esters is 1. The van der Waals surface area contributed by atoms with Crippen LogP contribution >= 0.6 is 12.4 Å². The van der Waals surface area contributed by atoms with E-state index in [9.17, 15) is 4.79 Å². The van der Waals surface area contributed by atoms with Gasteiger partial charge in [-0.15, -0.1) is 12.4 Å². The molecule has 1 saturated heterocycles. The van der Waals surface area contributed by atoms with Gasteiger partial charge in [-0.05, 0) is 67.1 Å². The van der Waals surface area contributed by atoms with Crippen molar-refractivity contribution in [3.8, 4) is 0 Å². The molecule has 2 N–H and O–H groups in total. The van der Waals surface area contributed by atoms with E-state index in [1.807, 2.05) is 0 Å². The maximum Gasteiger partial charge on any atom is 0.305 e. The molecular formula is C22H29ClN2O2. The second kappa shape index (κ2) is 11.0. The number of nitrogens with one attached hydrogen (secondary N) is 2. The van der Waals surface area contributed by atoms with Crippen LogP contribution in [0.25, 0.3) is 0 Å². The van der Waals surface area contributed by atoms with Crippen LogP contribution in [0.15, 0.2) is 48.5 Å². The van der Waals surface area contributed by atoms with Gasteiger partial charge in [0.2, 0.25) is 0 Å². The third kappa shape index (κ3) is 6.56. The Morgan fingerprint density at radius 1 is 1.04 bits per heavy atom. The fourth-order valence-electron chi connectivity index (χ4n) is 3.40. The van der Waals surface area contributed by atoms with Crippen LogP contribution in [0.4, 0.5) is 5.69 Å². The molecule has 146 valence electrons. The summed E-state index contributed by atoms with van der Waals surface area (Å²) in [5, 5.41) is 6.88. The smallest absolute Gasteiger partial charge is 0.305 e. The number of ether oxygens (including phenoxy) is 1. The molecule has 0 amide bonds. The van der Waals surface area contributed by atoms with Crippen molar-refractivity contribution in [3.05, 3.63) is 65.2 Å². The Morgan fingerprint density at radius 3 is 2.30 bits per heavy atom. The van der Waals surface area contributed by atoms with Crippen LogP contribution in [0.1, 0.15) is 41.9 Å². The van der Waals surface area contributed by atoms with E-state index in [2.05, 4.69) is 63.9 Å². The molecule has 27 heavy (non-hydrogen) atoms. The minimum atomic E-state index is -0.167. The van der Waals surface area contributed by atoms with Crippen LogP contribution in [0.2, 0.25) is 0 Å². The first-order valence-corrected chi connectivity index (χ1v) is 9.44. The molecule has 2 aromatic carbocycles. The summed E-state index contributed by atoms with van der Waals surface area (Å²) in [6.07, 6.45) is 3.61. The fourth-order valence-corrected chi connectivity index (χ4v) is 3.40. The third-order valence-corrected chi connectivity index (χ3v) is 5.09. The average Bonchev–Trinajstić information content (AvgIpc) is 2.72. The molecule has 0 radical (unpaired) electrons. The lowest BCUT2D eigenvalue weighted by atomic mass is 9.90. The number of piperidine rings is 1. The van der Waals surface area contributed by atoms with Crippen molar-refractivity contribution in [2.24, 2.45) is 0 Å². The van der Waals surface area contributed by atoms with Crippen LogP contribution < -0.4 is 10.6 Å². The number of anilines is 1. The zero-order valence-corrected chi connectivity index (χ0v) is 16.7. The van der Waals surface area contributed by atoms with Gasteiger partial charge in [0.15, 0.2) is 0 Å². The van der Waals surface area contributed by atoms with E-state index in [-0.39, 0.29) is 18.4 Å². The number of carbonyl (C=O) groups excluding carboxylic acids is 1. The van der Waals surface area contributed by atoms with Gasteiger partial charge in [0.25, 0.3) is 0 Å². The Labute approximate surface area is 168 Å². The van der Waals surface area contributed by atoms with Crippen molar-refractivity contribution < 1.29 is 9.53 Å². The van der Waals surface area contributed by atoms with E-state index in [4.69, 9.17) is 0 Å². The van der Waals surface area contributed by atoms with Crippen molar-refractivity contribution in [1.82, 2.24) is 5.32 Å². The van der Waals surface area contributed by atoms with Crippen LogP contribution in [-0.2, 0) is 22.5 Å². The van der Waals surface area contributed by atoms with Crippen molar-refractivity contribution in [2.45, 2.75) is 38.1 Å². The fraction of sp³-hybridized carbons (Fsp3) is 0.409. The molecule has 0 spiro atoms. The molecule has 1 aliphatic rings. The summed E-state index contributed by atoms with van der Waals surface area (Å²) in [5.74, 6) is 0.538. The highest BCUT2D eigenvalue weighted by Gasteiger charge is 2.14. The Hall–Kier alpha value is -2.04. The van der Waals surface area contributed by atoms with Gasteiger partial charge in [-0.1, -0.05) is 36.4 Å². The monoisotopic (exact) mass is 388 g/mol. The molecule has 4 nitrogen and oxygen atoms in total. The van der Waals surface area contributed by atoms with Gasteiger partial charge in [0.1, 0.15) is 0 Å². The Morgan fingerprint density at radius 2 is 1.67 bits per heavy atom. The largest absolute Gasteiger partial charge is 0.469 e. The second-order valence-corrected chi connectivity index (χ2v) is 6.89. The highest BCUT2D eigenvalue weighted by atomic mass is 35.5. The quantitative estimate of drug-likeness (QED) is 0.694. The standard InChI is InChI=1S/C22H28N2O2.ClH/c1-26-22(25)11-6-17-4-9-21(10-5-17)24-16-18-2-7-19(8-3-18)20-12-14-23-15-13-20;/h2-5,7-10,20,23-24H,6,11-16H2,1H3;1H. The van der Waals surface area contributed by atoms with Crippen LogP contribution in [-0.4, -0.2) is 26.2 Å². The number of hydrogen-bond donors (Lipinski definition) is 2. The van der Waals surface area contributed by atoms with Crippen molar-refractivity contribution >= 4 is 24.1 Å². The number of rotatable bonds is 7. The predicted molar refractivity (Wildman–Crippen MR) is 113 cm³/mol. The maximum atomic E-state index is 11.2. The molecule has 3 rings (SSSR count). The summed E-state index contributed by atoms with van der Waals surface area (Å²) in [5.41, 5.74) is 4.99. The van der Waals surface area contributed by atoms with Gasteiger partial charge >= 0.3 is 5.97 Å².